The van der Waals surface area contributed by atoms with Gasteiger partial charge in [-0.25, -0.2) is 4.98 Å². The molecule has 128 valence electrons. The van der Waals surface area contributed by atoms with E-state index in [9.17, 15) is 9.90 Å². The molecule has 0 saturated heterocycles. The number of carbonyl (C=O) groups excluding carboxylic acids is 1. The first kappa shape index (κ1) is 16.8. The van der Waals surface area contributed by atoms with Gasteiger partial charge in [0.2, 0.25) is 0 Å². The molecule has 0 radical (unpaired) electrons. The van der Waals surface area contributed by atoms with Crippen molar-refractivity contribution >= 4 is 5.91 Å². The highest BCUT2D eigenvalue weighted by atomic mass is 16.3. The maximum absolute atomic E-state index is 12.3. The number of pyridine rings is 1. The van der Waals surface area contributed by atoms with E-state index >= 15 is 0 Å². The summed E-state index contributed by atoms with van der Waals surface area (Å²) < 4.78 is 0. The van der Waals surface area contributed by atoms with Crippen LogP contribution in [0, 0.1) is 0 Å². The Hall–Kier alpha value is -3.06. The number of carbonyl (C=O) groups is 1. The Labute approximate surface area is 145 Å². The molecular weight excluding hydrogens is 318 g/mol. The van der Waals surface area contributed by atoms with Gasteiger partial charge in [-0.3, -0.25) is 14.9 Å². The molecule has 0 fully saturated rings. The summed E-state index contributed by atoms with van der Waals surface area (Å²) in [4.78, 5) is 20.6. The van der Waals surface area contributed by atoms with Crippen LogP contribution in [-0.2, 0) is 16.8 Å². The van der Waals surface area contributed by atoms with E-state index in [2.05, 4.69) is 25.5 Å². The number of aromatic amines is 1. The van der Waals surface area contributed by atoms with Crippen LogP contribution < -0.4 is 5.32 Å². The lowest BCUT2D eigenvalue weighted by Crippen LogP contribution is -2.42. The Morgan fingerprint density at radius 2 is 1.92 bits per heavy atom. The van der Waals surface area contributed by atoms with Crippen LogP contribution in [-0.4, -0.2) is 37.7 Å². The summed E-state index contributed by atoms with van der Waals surface area (Å²) in [7, 11) is 0. The van der Waals surface area contributed by atoms with E-state index in [4.69, 9.17) is 0 Å². The van der Waals surface area contributed by atoms with Gasteiger partial charge in [0.25, 0.3) is 5.91 Å². The fourth-order valence-corrected chi connectivity index (χ4v) is 2.40. The van der Waals surface area contributed by atoms with Crippen molar-refractivity contribution in [3.8, 4) is 11.4 Å². The van der Waals surface area contributed by atoms with Gasteiger partial charge < -0.3 is 10.4 Å². The molecule has 1 amide bonds. The highest BCUT2D eigenvalue weighted by molar-refractivity contribution is 5.85. The van der Waals surface area contributed by atoms with Gasteiger partial charge in [0.1, 0.15) is 5.82 Å². The number of aliphatic hydroxyl groups is 1. The van der Waals surface area contributed by atoms with Gasteiger partial charge >= 0.3 is 0 Å². The quantitative estimate of drug-likeness (QED) is 0.631. The fourth-order valence-electron chi connectivity index (χ4n) is 2.40. The Kier molecular flexibility index (Phi) is 4.85. The molecule has 7 nitrogen and oxygen atoms in total. The van der Waals surface area contributed by atoms with Crippen molar-refractivity contribution in [2.45, 2.75) is 18.9 Å². The fraction of sp³-hybridized carbons (Fsp3) is 0.222. The number of nitrogens with one attached hydrogen (secondary N) is 2. The molecule has 1 aromatic carbocycles. The van der Waals surface area contributed by atoms with Crippen molar-refractivity contribution in [3.05, 3.63) is 66.2 Å². The Bertz CT molecular complexity index is 831. The highest BCUT2D eigenvalue weighted by Crippen LogP contribution is 2.20. The number of hydrogen-bond donors (Lipinski definition) is 3. The first-order valence-corrected chi connectivity index (χ1v) is 7.95. The minimum absolute atomic E-state index is 0.340. The lowest BCUT2D eigenvalue weighted by molar-refractivity contribution is -0.138. The van der Waals surface area contributed by atoms with Gasteiger partial charge in [-0.05, 0) is 24.6 Å². The summed E-state index contributed by atoms with van der Waals surface area (Å²) in [6, 6.07) is 12.5. The molecule has 3 rings (SSSR count). The number of hydrogen-bond acceptors (Lipinski definition) is 5. The van der Waals surface area contributed by atoms with Crippen LogP contribution in [0.15, 0.2) is 54.9 Å². The van der Waals surface area contributed by atoms with Crippen molar-refractivity contribution in [1.29, 1.82) is 0 Å². The maximum Gasteiger partial charge on any atom is 0.256 e. The molecule has 0 aliphatic carbocycles. The summed E-state index contributed by atoms with van der Waals surface area (Å²) in [5.74, 6) is 0.791. The predicted octanol–water partition coefficient (Wildman–Crippen LogP) is 1.43. The van der Waals surface area contributed by atoms with E-state index in [1.165, 1.54) is 6.92 Å². The smallest absolute Gasteiger partial charge is 0.256 e. The minimum Gasteiger partial charge on any atom is -0.376 e. The van der Waals surface area contributed by atoms with Crippen molar-refractivity contribution in [3.63, 3.8) is 0 Å². The number of amides is 1. The Morgan fingerprint density at radius 1 is 1.20 bits per heavy atom. The molecule has 2 aromatic heterocycles. The molecule has 1 atom stereocenters. The summed E-state index contributed by atoms with van der Waals surface area (Å²) in [6.07, 6.45) is 3.84. The van der Waals surface area contributed by atoms with Crippen molar-refractivity contribution in [2.75, 3.05) is 6.54 Å². The summed E-state index contributed by atoms with van der Waals surface area (Å²) in [5.41, 5.74) is -0.161. The summed E-state index contributed by atoms with van der Waals surface area (Å²) >= 11 is 0. The summed E-state index contributed by atoms with van der Waals surface area (Å²) in [6.45, 7) is 1.82. The second-order valence-electron chi connectivity index (χ2n) is 5.79. The molecular formula is C18H19N5O2. The molecule has 2 heterocycles. The molecule has 0 aliphatic rings. The van der Waals surface area contributed by atoms with Crippen molar-refractivity contribution < 1.29 is 9.90 Å². The van der Waals surface area contributed by atoms with Crippen molar-refractivity contribution in [2.24, 2.45) is 0 Å². The molecule has 7 heteroatoms. The monoisotopic (exact) mass is 337 g/mol. The number of benzene rings is 1. The number of rotatable bonds is 6. The van der Waals surface area contributed by atoms with Crippen molar-refractivity contribution in [1.82, 2.24) is 25.5 Å². The van der Waals surface area contributed by atoms with E-state index in [0.29, 0.717) is 30.2 Å². The lowest BCUT2D eigenvalue weighted by atomic mass is 9.95. The Balaban J connectivity index is 1.56. The van der Waals surface area contributed by atoms with E-state index in [1.54, 1.807) is 36.7 Å². The zero-order valence-corrected chi connectivity index (χ0v) is 13.8. The van der Waals surface area contributed by atoms with Gasteiger partial charge in [-0.15, -0.1) is 0 Å². The Morgan fingerprint density at radius 3 is 2.64 bits per heavy atom. The normalized spacial score (nSPS) is 13.2. The third-order valence-corrected chi connectivity index (χ3v) is 3.90. The SMILES string of the molecule is C[C@](O)(C(=O)NCCc1nc(-c2ccncc2)n[nH]1)c1ccccc1. The average Bonchev–Trinajstić information content (AvgIpc) is 3.12. The number of nitrogens with zero attached hydrogens (tertiary/aromatic N) is 3. The van der Waals surface area contributed by atoms with Crippen LogP contribution in [0.2, 0.25) is 0 Å². The van der Waals surface area contributed by atoms with Gasteiger partial charge in [-0.1, -0.05) is 30.3 Å². The third-order valence-electron chi connectivity index (χ3n) is 3.90. The second-order valence-corrected chi connectivity index (χ2v) is 5.79. The molecule has 0 unspecified atom stereocenters. The molecule has 0 saturated carbocycles. The standard InChI is InChI=1S/C18H19N5O2/c1-18(25,14-5-3-2-4-6-14)17(24)20-12-9-15-21-16(23-22-15)13-7-10-19-11-8-13/h2-8,10-11,25H,9,12H2,1H3,(H,20,24)(H,21,22,23)/t18-/m1/s1. The van der Waals surface area contributed by atoms with E-state index in [-0.39, 0.29) is 0 Å². The summed E-state index contributed by atoms with van der Waals surface area (Å²) in [5, 5.41) is 20.2. The topological polar surface area (TPSA) is 104 Å². The largest absolute Gasteiger partial charge is 0.376 e. The van der Waals surface area contributed by atoms with Crippen LogP contribution in [0.1, 0.15) is 18.3 Å². The molecule has 0 bridgehead atoms. The van der Waals surface area contributed by atoms with E-state index < -0.39 is 11.5 Å². The van der Waals surface area contributed by atoms with Crippen LogP contribution >= 0.6 is 0 Å². The van der Waals surface area contributed by atoms with Gasteiger partial charge in [0.05, 0.1) is 0 Å². The average molecular weight is 337 g/mol. The highest BCUT2D eigenvalue weighted by Gasteiger charge is 2.31. The lowest BCUT2D eigenvalue weighted by Gasteiger charge is -2.22. The number of H-pyrrole nitrogens is 1. The van der Waals surface area contributed by atoms with Crippen LogP contribution in [0.4, 0.5) is 0 Å². The second kappa shape index (κ2) is 7.23. The van der Waals surface area contributed by atoms with E-state index in [1.807, 2.05) is 18.2 Å². The zero-order chi connectivity index (χ0) is 17.7. The van der Waals surface area contributed by atoms with Crippen LogP contribution in [0.3, 0.4) is 0 Å². The molecule has 25 heavy (non-hydrogen) atoms. The van der Waals surface area contributed by atoms with Crippen LogP contribution in [0.5, 0.6) is 0 Å². The predicted molar refractivity (Wildman–Crippen MR) is 92.3 cm³/mol. The number of aromatic nitrogens is 4. The first-order valence-electron chi connectivity index (χ1n) is 7.95. The van der Waals surface area contributed by atoms with Gasteiger partial charge in [0, 0.05) is 30.9 Å². The van der Waals surface area contributed by atoms with Gasteiger partial charge in [-0.2, -0.15) is 5.10 Å². The molecule has 0 aliphatic heterocycles. The molecule has 3 aromatic rings. The zero-order valence-electron chi connectivity index (χ0n) is 13.8. The third kappa shape index (κ3) is 3.89. The first-order chi connectivity index (χ1) is 12.1. The minimum atomic E-state index is -1.58. The van der Waals surface area contributed by atoms with Gasteiger partial charge in [0.15, 0.2) is 11.4 Å². The van der Waals surface area contributed by atoms with E-state index in [0.717, 1.165) is 5.56 Å². The maximum atomic E-state index is 12.3. The van der Waals surface area contributed by atoms with Crippen LogP contribution in [0.25, 0.3) is 11.4 Å². The molecule has 3 N–H and O–H groups in total. The molecule has 0 spiro atoms.